The fourth-order valence-electron chi connectivity index (χ4n) is 3.65. The smallest absolute Gasteiger partial charge is 0.266 e. The number of aromatic nitrogens is 3. The Labute approximate surface area is 176 Å². The second-order valence-electron chi connectivity index (χ2n) is 7.15. The van der Waals surface area contributed by atoms with Gasteiger partial charge in [0.2, 0.25) is 5.28 Å². The van der Waals surface area contributed by atoms with Crippen molar-refractivity contribution >= 4 is 28.3 Å². The van der Waals surface area contributed by atoms with Crippen LogP contribution < -0.4 is 5.32 Å². The molecule has 0 aliphatic carbocycles. The monoisotopic (exact) mass is 436 g/mol. The van der Waals surface area contributed by atoms with Crippen LogP contribution in [0.3, 0.4) is 0 Å². The number of hydrogen-bond donors (Lipinski definition) is 1. The number of anilines is 1. The molecule has 0 bridgehead atoms. The molecule has 9 heteroatoms. The molecule has 1 saturated heterocycles. The van der Waals surface area contributed by atoms with Gasteiger partial charge in [-0.05, 0) is 42.5 Å². The standard InChI is InChI=1S/C21H20ClF3N4O/c22-21-28-17-11-27-16(12-5-8-30-9-6-12)10-15(17)20(29-21)26-7-4-13-2-1-3-14(18(13)23)19(24)25/h1-3,10-12,19H,4-9H2,(H,26,28,29). The topological polar surface area (TPSA) is 59.9 Å². The number of ether oxygens (including phenoxy) is 1. The maximum atomic E-state index is 14.3. The summed E-state index contributed by atoms with van der Waals surface area (Å²) in [6.45, 7) is 1.70. The van der Waals surface area contributed by atoms with Gasteiger partial charge in [0, 0.05) is 36.8 Å². The minimum Gasteiger partial charge on any atom is -0.381 e. The fourth-order valence-corrected chi connectivity index (χ4v) is 3.82. The van der Waals surface area contributed by atoms with Gasteiger partial charge in [0.15, 0.2) is 0 Å². The average molecular weight is 437 g/mol. The molecule has 0 atom stereocenters. The molecule has 0 radical (unpaired) electrons. The number of halogens is 4. The van der Waals surface area contributed by atoms with E-state index in [1.165, 1.54) is 12.1 Å². The second kappa shape index (κ2) is 9.14. The quantitative estimate of drug-likeness (QED) is 0.531. The Balaban J connectivity index is 1.55. The molecule has 3 aromatic rings. The van der Waals surface area contributed by atoms with E-state index in [1.54, 1.807) is 6.20 Å². The largest absolute Gasteiger partial charge is 0.381 e. The molecule has 3 heterocycles. The van der Waals surface area contributed by atoms with Gasteiger partial charge < -0.3 is 10.1 Å². The molecule has 1 aliphatic heterocycles. The van der Waals surface area contributed by atoms with Crippen LogP contribution in [0.5, 0.6) is 0 Å². The number of alkyl halides is 2. The van der Waals surface area contributed by atoms with Crippen LogP contribution in [0.4, 0.5) is 19.0 Å². The Kier molecular flexibility index (Phi) is 6.34. The summed E-state index contributed by atoms with van der Waals surface area (Å²) < 4.78 is 45.5. The first-order valence-corrected chi connectivity index (χ1v) is 10.1. The van der Waals surface area contributed by atoms with E-state index in [1.807, 2.05) is 6.07 Å². The van der Waals surface area contributed by atoms with E-state index in [-0.39, 0.29) is 17.3 Å². The Hall–Kier alpha value is -2.45. The third kappa shape index (κ3) is 4.49. The van der Waals surface area contributed by atoms with Crippen molar-refractivity contribution in [3.8, 4) is 0 Å². The van der Waals surface area contributed by atoms with Crippen LogP contribution in [-0.2, 0) is 11.2 Å². The van der Waals surface area contributed by atoms with Crippen LogP contribution in [0.1, 0.15) is 42.0 Å². The molecular formula is C21H20ClF3N4O. The lowest BCUT2D eigenvalue weighted by molar-refractivity contribution is 0.0845. The highest BCUT2D eigenvalue weighted by atomic mass is 35.5. The Bertz CT molecular complexity index is 1040. The van der Waals surface area contributed by atoms with E-state index in [2.05, 4.69) is 20.3 Å². The van der Waals surface area contributed by atoms with E-state index < -0.39 is 17.8 Å². The highest BCUT2D eigenvalue weighted by Gasteiger charge is 2.19. The first-order valence-electron chi connectivity index (χ1n) is 9.73. The molecule has 1 fully saturated rings. The minimum atomic E-state index is -2.85. The molecular weight excluding hydrogens is 417 g/mol. The summed E-state index contributed by atoms with van der Waals surface area (Å²) in [5, 5.41) is 3.97. The predicted molar refractivity (Wildman–Crippen MR) is 109 cm³/mol. The normalized spacial score (nSPS) is 15.1. The summed E-state index contributed by atoms with van der Waals surface area (Å²) in [5.41, 5.74) is 1.17. The Morgan fingerprint density at radius 2 is 2.00 bits per heavy atom. The summed E-state index contributed by atoms with van der Waals surface area (Å²) in [4.78, 5) is 13.0. The van der Waals surface area contributed by atoms with Crippen molar-refractivity contribution in [1.82, 2.24) is 15.0 Å². The van der Waals surface area contributed by atoms with Gasteiger partial charge in [-0.2, -0.15) is 0 Å². The molecule has 0 amide bonds. The van der Waals surface area contributed by atoms with Crippen molar-refractivity contribution in [2.75, 3.05) is 25.1 Å². The molecule has 30 heavy (non-hydrogen) atoms. The zero-order valence-corrected chi connectivity index (χ0v) is 16.8. The summed E-state index contributed by atoms with van der Waals surface area (Å²) >= 11 is 6.04. The maximum Gasteiger partial charge on any atom is 0.266 e. The number of nitrogens with one attached hydrogen (secondary N) is 1. The van der Waals surface area contributed by atoms with Gasteiger partial charge in [0.25, 0.3) is 6.43 Å². The fraction of sp³-hybridized carbons (Fsp3) is 0.381. The zero-order chi connectivity index (χ0) is 21.1. The van der Waals surface area contributed by atoms with Gasteiger partial charge in [0.05, 0.1) is 17.3 Å². The van der Waals surface area contributed by atoms with Gasteiger partial charge in [-0.1, -0.05) is 18.2 Å². The molecule has 0 spiro atoms. The van der Waals surface area contributed by atoms with Crippen molar-refractivity contribution in [2.45, 2.75) is 31.6 Å². The first kappa shape index (κ1) is 20.8. The zero-order valence-electron chi connectivity index (χ0n) is 16.0. The SMILES string of the molecule is Fc1c(CCNc2nc(Cl)nc3cnc(C4CCOCC4)cc23)cccc1C(F)F. The van der Waals surface area contributed by atoms with Crippen molar-refractivity contribution in [3.63, 3.8) is 0 Å². The van der Waals surface area contributed by atoms with Crippen LogP contribution in [0.25, 0.3) is 10.9 Å². The Morgan fingerprint density at radius 3 is 2.77 bits per heavy atom. The number of fused-ring (bicyclic) bond motifs is 1. The molecule has 1 aliphatic rings. The summed E-state index contributed by atoms with van der Waals surface area (Å²) in [5.74, 6) is -0.0603. The third-order valence-electron chi connectivity index (χ3n) is 5.25. The van der Waals surface area contributed by atoms with Crippen LogP contribution in [0.15, 0.2) is 30.5 Å². The van der Waals surface area contributed by atoms with Crippen LogP contribution in [0.2, 0.25) is 5.28 Å². The maximum absolute atomic E-state index is 14.3. The molecule has 0 saturated carbocycles. The predicted octanol–water partition coefficient (Wildman–Crippen LogP) is 5.30. The molecule has 2 aromatic heterocycles. The highest BCUT2D eigenvalue weighted by molar-refractivity contribution is 6.28. The van der Waals surface area contributed by atoms with E-state index in [0.29, 0.717) is 37.0 Å². The van der Waals surface area contributed by atoms with Crippen LogP contribution >= 0.6 is 11.6 Å². The van der Waals surface area contributed by atoms with Crippen molar-refractivity contribution in [1.29, 1.82) is 0 Å². The van der Waals surface area contributed by atoms with Crippen molar-refractivity contribution in [3.05, 3.63) is 58.4 Å². The second-order valence-corrected chi connectivity index (χ2v) is 7.49. The van der Waals surface area contributed by atoms with Gasteiger partial charge in [0.1, 0.15) is 11.6 Å². The average Bonchev–Trinajstić information content (AvgIpc) is 2.75. The molecule has 1 N–H and O–H groups in total. The van der Waals surface area contributed by atoms with E-state index in [9.17, 15) is 13.2 Å². The van der Waals surface area contributed by atoms with Crippen molar-refractivity contribution < 1.29 is 17.9 Å². The van der Waals surface area contributed by atoms with Gasteiger partial charge in [-0.15, -0.1) is 0 Å². The molecule has 4 rings (SSSR count). The molecule has 5 nitrogen and oxygen atoms in total. The van der Waals surface area contributed by atoms with E-state index in [4.69, 9.17) is 16.3 Å². The first-order chi connectivity index (χ1) is 14.5. The van der Waals surface area contributed by atoms with Crippen molar-refractivity contribution in [2.24, 2.45) is 0 Å². The lowest BCUT2D eigenvalue weighted by atomic mass is 9.95. The molecule has 1 aromatic carbocycles. The van der Waals surface area contributed by atoms with Crippen LogP contribution in [0, 0.1) is 5.82 Å². The minimum absolute atomic E-state index is 0.0662. The van der Waals surface area contributed by atoms with Gasteiger partial charge in [-0.25, -0.2) is 23.1 Å². The third-order valence-corrected chi connectivity index (χ3v) is 5.42. The summed E-state index contributed by atoms with van der Waals surface area (Å²) in [7, 11) is 0. The number of rotatable bonds is 6. The number of hydrogen-bond acceptors (Lipinski definition) is 5. The van der Waals surface area contributed by atoms with Gasteiger partial charge in [-0.3, -0.25) is 4.98 Å². The van der Waals surface area contributed by atoms with E-state index in [0.717, 1.165) is 30.0 Å². The highest BCUT2D eigenvalue weighted by Crippen LogP contribution is 2.30. The lowest BCUT2D eigenvalue weighted by Crippen LogP contribution is -2.15. The number of nitrogens with zero attached hydrogens (tertiary/aromatic N) is 3. The van der Waals surface area contributed by atoms with Gasteiger partial charge >= 0.3 is 0 Å². The summed E-state index contributed by atoms with van der Waals surface area (Å²) in [6, 6.07) is 5.98. The van der Waals surface area contributed by atoms with E-state index >= 15 is 0 Å². The number of benzene rings is 1. The lowest BCUT2D eigenvalue weighted by Gasteiger charge is -2.21. The molecule has 0 unspecified atom stereocenters. The molecule has 158 valence electrons. The number of pyridine rings is 1. The van der Waals surface area contributed by atoms with Crippen LogP contribution in [-0.4, -0.2) is 34.7 Å². The summed E-state index contributed by atoms with van der Waals surface area (Å²) in [6.07, 6.45) is 0.835. The Morgan fingerprint density at radius 1 is 1.20 bits per heavy atom.